The second-order valence-corrected chi connectivity index (χ2v) is 7.92. The van der Waals surface area contributed by atoms with Crippen molar-refractivity contribution in [2.75, 3.05) is 25.3 Å². The monoisotopic (exact) mass is 420 g/mol. The van der Waals surface area contributed by atoms with Crippen molar-refractivity contribution in [3.05, 3.63) is 35.7 Å². The standard InChI is InChI=1S/C17H20N6O3S2/c1-4-9-27-17-21-20-16(28-17)18-15(24)14-13(10-25-2)23(22-19-14)11-5-7-12(26-3)8-6-11/h5-8H,4,9-10H2,1-3H3,(H,18,20,24). The van der Waals surface area contributed by atoms with Crippen molar-refractivity contribution < 1.29 is 14.3 Å². The number of carbonyl (C=O) groups is 1. The highest BCUT2D eigenvalue weighted by Gasteiger charge is 2.22. The number of benzene rings is 1. The Morgan fingerprint density at radius 3 is 2.68 bits per heavy atom. The highest BCUT2D eigenvalue weighted by atomic mass is 32.2. The first-order valence-corrected chi connectivity index (χ1v) is 10.3. The van der Waals surface area contributed by atoms with E-state index in [9.17, 15) is 4.79 Å². The summed E-state index contributed by atoms with van der Waals surface area (Å²) in [6.45, 7) is 2.27. The minimum Gasteiger partial charge on any atom is -0.497 e. The Morgan fingerprint density at radius 1 is 1.21 bits per heavy atom. The quantitative estimate of drug-likeness (QED) is 0.416. The lowest BCUT2D eigenvalue weighted by atomic mass is 10.2. The van der Waals surface area contributed by atoms with Crippen molar-refractivity contribution in [1.82, 2.24) is 25.2 Å². The Bertz CT molecular complexity index is 925. The van der Waals surface area contributed by atoms with Crippen LogP contribution < -0.4 is 10.1 Å². The molecule has 0 spiro atoms. The molecule has 1 aromatic carbocycles. The number of carbonyl (C=O) groups excluding carboxylic acids is 1. The Hall–Kier alpha value is -2.50. The molecule has 3 rings (SSSR count). The van der Waals surface area contributed by atoms with Gasteiger partial charge in [-0.05, 0) is 30.7 Å². The molecule has 0 aliphatic carbocycles. The second kappa shape index (κ2) is 9.62. The van der Waals surface area contributed by atoms with Gasteiger partial charge in [-0.1, -0.05) is 35.2 Å². The van der Waals surface area contributed by atoms with Gasteiger partial charge in [-0.2, -0.15) is 0 Å². The van der Waals surface area contributed by atoms with Crippen molar-refractivity contribution in [3.8, 4) is 11.4 Å². The largest absolute Gasteiger partial charge is 0.497 e. The van der Waals surface area contributed by atoms with Gasteiger partial charge in [0.1, 0.15) is 11.4 Å². The number of thioether (sulfide) groups is 1. The van der Waals surface area contributed by atoms with Crippen LogP contribution in [-0.2, 0) is 11.3 Å². The smallest absolute Gasteiger partial charge is 0.280 e. The van der Waals surface area contributed by atoms with Crippen LogP contribution in [0.15, 0.2) is 28.6 Å². The number of nitrogens with one attached hydrogen (secondary N) is 1. The van der Waals surface area contributed by atoms with Crippen molar-refractivity contribution in [2.45, 2.75) is 24.3 Å². The van der Waals surface area contributed by atoms with Crippen LogP contribution in [0.5, 0.6) is 5.75 Å². The van der Waals surface area contributed by atoms with Gasteiger partial charge < -0.3 is 9.47 Å². The van der Waals surface area contributed by atoms with E-state index in [1.165, 1.54) is 11.3 Å². The van der Waals surface area contributed by atoms with Crippen LogP contribution in [-0.4, -0.2) is 51.1 Å². The number of amides is 1. The van der Waals surface area contributed by atoms with Crippen molar-refractivity contribution in [2.24, 2.45) is 0 Å². The van der Waals surface area contributed by atoms with Crippen LogP contribution in [0.4, 0.5) is 5.13 Å². The number of anilines is 1. The molecular weight excluding hydrogens is 400 g/mol. The van der Waals surface area contributed by atoms with E-state index in [2.05, 4.69) is 32.7 Å². The van der Waals surface area contributed by atoms with Gasteiger partial charge in [-0.15, -0.1) is 15.3 Å². The summed E-state index contributed by atoms with van der Waals surface area (Å²) < 4.78 is 12.8. The van der Waals surface area contributed by atoms with Crippen LogP contribution in [0.1, 0.15) is 29.5 Å². The number of methoxy groups -OCH3 is 2. The lowest BCUT2D eigenvalue weighted by molar-refractivity contribution is 0.101. The van der Waals surface area contributed by atoms with Crippen molar-refractivity contribution >= 4 is 34.1 Å². The molecule has 0 bridgehead atoms. The maximum Gasteiger partial charge on any atom is 0.280 e. The lowest BCUT2D eigenvalue weighted by Crippen LogP contribution is -2.16. The van der Waals surface area contributed by atoms with E-state index < -0.39 is 5.91 Å². The van der Waals surface area contributed by atoms with Gasteiger partial charge in [0.15, 0.2) is 10.0 Å². The van der Waals surface area contributed by atoms with Crippen LogP contribution >= 0.6 is 23.1 Å². The summed E-state index contributed by atoms with van der Waals surface area (Å²) in [7, 11) is 3.15. The first-order valence-electron chi connectivity index (χ1n) is 8.51. The first kappa shape index (κ1) is 20.2. The Kier molecular flexibility index (Phi) is 6.95. The summed E-state index contributed by atoms with van der Waals surface area (Å²) in [6, 6.07) is 7.28. The van der Waals surface area contributed by atoms with Crippen LogP contribution in [0.25, 0.3) is 5.69 Å². The van der Waals surface area contributed by atoms with Gasteiger partial charge in [-0.25, -0.2) is 4.68 Å². The summed E-state index contributed by atoms with van der Waals surface area (Å²) in [6.07, 6.45) is 1.04. The van der Waals surface area contributed by atoms with Crippen LogP contribution in [0.2, 0.25) is 0 Å². The molecule has 0 unspecified atom stereocenters. The SMILES string of the molecule is CCCSc1nnc(NC(=O)c2nnn(-c3ccc(OC)cc3)c2COC)s1. The zero-order chi connectivity index (χ0) is 19.9. The molecule has 28 heavy (non-hydrogen) atoms. The molecule has 3 aromatic rings. The Balaban J connectivity index is 1.81. The highest BCUT2D eigenvalue weighted by molar-refractivity contribution is 8.01. The van der Waals surface area contributed by atoms with Gasteiger partial charge in [-0.3, -0.25) is 10.1 Å². The van der Waals surface area contributed by atoms with E-state index in [-0.39, 0.29) is 12.3 Å². The predicted octanol–water partition coefficient (Wildman–Crippen LogP) is 3.03. The number of hydrogen-bond acceptors (Lipinski definition) is 9. The van der Waals surface area contributed by atoms with Gasteiger partial charge in [0, 0.05) is 12.9 Å². The molecule has 11 heteroatoms. The molecule has 0 atom stereocenters. The number of nitrogens with zero attached hydrogens (tertiary/aromatic N) is 5. The molecule has 0 aliphatic rings. The molecule has 148 valence electrons. The summed E-state index contributed by atoms with van der Waals surface area (Å²) in [5.74, 6) is 1.27. The normalized spacial score (nSPS) is 10.8. The third-order valence-corrected chi connectivity index (χ3v) is 5.81. The molecule has 2 aromatic heterocycles. The summed E-state index contributed by atoms with van der Waals surface area (Å²) >= 11 is 2.94. The predicted molar refractivity (Wildman–Crippen MR) is 108 cm³/mol. The molecule has 0 radical (unpaired) electrons. The molecule has 0 saturated heterocycles. The number of aromatic nitrogens is 5. The third-order valence-electron chi connectivity index (χ3n) is 3.63. The van der Waals surface area contributed by atoms with E-state index >= 15 is 0 Å². The fraction of sp³-hybridized carbons (Fsp3) is 0.353. The Morgan fingerprint density at radius 2 is 2.00 bits per heavy atom. The molecule has 9 nitrogen and oxygen atoms in total. The zero-order valence-electron chi connectivity index (χ0n) is 15.7. The average Bonchev–Trinajstić information content (AvgIpc) is 3.34. The minimum absolute atomic E-state index is 0.176. The van der Waals surface area contributed by atoms with E-state index in [4.69, 9.17) is 9.47 Å². The topological polar surface area (TPSA) is 104 Å². The minimum atomic E-state index is -0.407. The van der Waals surface area contributed by atoms with Gasteiger partial charge in [0.25, 0.3) is 5.91 Å². The van der Waals surface area contributed by atoms with E-state index in [0.29, 0.717) is 10.8 Å². The van der Waals surface area contributed by atoms with Gasteiger partial charge in [0.2, 0.25) is 5.13 Å². The first-order chi connectivity index (χ1) is 13.7. The molecule has 2 heterocycles. The van der Waals surface area contributed by atoms with E-state index in [1.54, 1.807) is 30.7 Å². The average molecular weight is 421 g/mol. The summed E-state index contributed by atoms with van der Waals surface area (Å²) in [5.41, 5.74) is 1.46. The molecule has 0 fully saturated rings. The van der Waals surface area contributed by atoms with Crippen LogP contribution in [0, 0.1) is 0 Å². The van der Waals surface area contributed by atoms with E-state index in [1.807, 2.05) is 24.3 Å². The fourth-order valence-electron chi connectivity index (χ4n) is 2.34. The van der Waals surface area contributed by atoms with Crippen molar-refractivity contribution in [3.63, 3.8) is 0 Å². The highest BCUT2D eigenvalue weighted by Crippen LogP contribution is 2.26. The number of rotatable bonds is 9. The second-order valence-electron chi connectivity index (χ2n) is 5.60. The van der Waals surface area contributed by atoms with Crippen LogP contribution in [0.3, 0.4) is 0 Å². The number of ether oxygens (including phenoxy) is 2. The number of hydrogen-bond donors (Lipinski definition) is 1. The lowest BCUT2D eigenvalue weighted by Gasteiger charge is -2.08. The third kappa shape index (κ3) is 4.66. The molecule has 1 amide bonds. The molecule has 0 saturated carbocycles. The zero-order valence-corrected chi connectivity index (χ0v) is 17.3. The van der Waals surface area contributed by atoms with Gasteiger partial charge >= 0.3 is 0 Å². The maximum atomic E-state index is 12.7. The van der Waals surface area contributed by atoms with Crippen molar-refractivity contribution in [1.29, 1.82) is 0 Å². The summed E-state index contributed by atoms with van der Waals surface area (Å²) in [4.78, 5) is 12.7. The molecular formula is C17H20N6O3S2. The summed E-state index contributed by atoms with van der Waals surface area (Å²) in [5, 5.41) is 19.4. The fourth-order valence-corrected chi connectivity index (χ4v) is 4.01. The maximum absolute atomic E-state index is 12.7. The van der Waals surface area contributed by atoms with E-state index in [0.717, 1.165) is 28.0 Å². The van der Waals surface area contributed by atoms with Gasteiger partial charge in [0.05, 0.1) is 19.4 Å². The molecule has 0 aliphatic heterocycles. The molecule has 1 N–H and O–H groups in total. The Labute approximate surface area is 170 Å².